The molecule has 1 unspecified atom stereocenters. The number of aromatic nitrogens is 2. The van der Waals surface area contributed by atoms with E-state index in [0.29, 0.717) is 15.9 Å². The monoisotopic (exact) mass is 497 g/mol. The number of aliphatic hydroxyl groups excluding tert-OH is 1. The molecule has 1 fully saturated rings. The molecule has 0 spiro atoms. The number of ketones is 1. The third kappa shape index (κ3) is 3.53. The molecule has 1 atom stereocenters. The number of benzene rings is 2. The van der Waals surface area contributed by atoms with Crippen molar-refractivity contribution in [2.24, 2.45) is 0 Å². The van der Waals surface area contributed by atoms with Crippen LogP contribution in [0.25, 0.3) is 16.0 Å². The van der Waals surface area contributed by atoms with Gasteiger partial charge >= 0.3 is 5.91 Å². The van der Waals surface area contributed by atoms with Gasteiger partial charge in [-0.2, -0.15) is 0 Å². The minimum absolute atomic E-state index is 0.115. The fraction of sp³-hybridized carbons (Fsp3) is 0.0833. The molecule has 1 aliphatic heterocycles. The summed E-state index contributed by atoms with van der Waals surface area (Å²) in [6.07, 6.45) is 1.49. The van der Waals surface area contributed by atoms with Crippen molar-refractivity contribution in [3.63, 3.8) is 0 Å². The first kappa shape index (κ1) is 22.1. The molecule has 1 saturated heterocycles. The van der Waals surface area contributed by atoms with Crippen molar-refractivity contribution in [3.8, 4) is 0 Å². The SMILES string of the molecule is Cc1cc(/C(O)=C2\C(=O)C(=O)N(c3nc4cc(Cl)c(F)cc4s3)C2c2ccccn2)ccc1F. The molecule has 1 amide bonds. The first-order valence-corrected chi connectivity index (χ1v) is 11.2. The van der Waals surface area contributed by atoms with E-state index in [4.69, 9.17) is 11.6 Å². The minimum Gasteiger partial charge on any atom is -0.507 e. The van der Waals surface area contributed by atoms with Crippen LogP contribution in [0.3, 0.4) is 0 Å². The Morgan fingerprint density at radius 3 is 2.62 bits per heavy atom. The average molecular weight is 498 g/mol. The van der Waals surface area contributed by atoms with E-state index in [1.165, 1.54) is 43.5 Å². The molecule has 1 N–H and O–H groups in total. The molecule has 0 bridgehead atoms. The standard InChI is InChI=1S/C24H14ClF2N3O3S/c1-11-8-12(5-6-14(11)26)21(31)19-20(16-4-2-3-7-28-16)30(23(33)22(19)32)24-29-17-9-13(25)15(27)10-18(17)34-24/h2-10,20,31H,1H3/b21-19+. The smallest absolute Gasteiger partial charge is 0.301 e. The Labute approximate surface area is 200 Å². The molecule has 10 heteroatoms. The highest BCUT2D eigenvalue weighted by atomic mass is 35.5. The number of hydrogen-bond acceptors (Lipinski definition) is 6. The quantitative estimate of drug-likeness (QED) is 0.228. The topological polar surface area (TPSA) is 83.4 Å². The predicted octanol–water partition coefficient (Wildman–Crippen LogP) is 5.56. The molecule has 0 radical (unpaired) electrons. The molecule has 2 aromatic carbocycles. The van der Waals surface area contributed by atoms with Gasteiger partial charge in [-0.15, -0.1) is 0 Å². The Morgan fingerprint density at radius 2 is 1.91 bits per heavy atom. The van der Waals surface area contributed by atoms with Crippen LogP contribution >= 0.6 is 22.9 Å². The van der Waals surface area contributed by atoms with Crippen LogP contribution in [0.4, 0.5) is 13.9 Å². The highest BCUT2D eigenvalue weighted by Crippen LogP contribution is 2.44. The number of carbonyl (C=O) groups excluding carboxylic acids is 2. The van der Waals surface area contributed by atoms with Crippen LogP contribution < -0.4 is 4.90 Å². The summed E-state index contributed by atoms with van der Waals surface area (Å²) in [6, 6.07) is 10.3. The van der Waals surface area contributed by atoms with Gasteiger partial charge < -0.3 is 5.11 Å². The molecule has 2 aromatic heterocycles. The Kier molecular flexibility index (Phi) is 5.38. The molecule has 6 nitrogen and oxygen atoms in total. The number of fused-ring (bicyclic) bond motifs is 1. The second-order valence-electron chi connectivity index (χ2n) is 7.62. The van der Waals surface area contributed by atoms with Crippen molar-refractivity contribution in [2.75, 3.05) is 4.90 Å². The molecule has 34 heavy (non-hydrogen) atoms. The number of halogens is 3. The lowest BCUT2D eigenvalue weighted by Crippen LogP contribution is -2.29. The number of rotatable bonds is 3. The number of amides is 1. The van der Waals surface area contributed by atoms with Crippen molar-refractivity contribution in [1.29, 1.82) is 0 Å². The number of aliphatic hydroxyl groups is 1. The van der Waals surface area contributed by atoms with Crippen LogP contribution in [0.5, 0.6) is 0 Å². The molecule has 0 aliphatic carbocycles. The number of nitrogens with zero attached hydrogens (tertiary/aromatic N) is 3. The fourth-order valence-electron chi connectivity index (χ4n) is 3.81. The van der Waals surface area contributed by atoms with Gasteiger partial charge in [0.1, 0.15) is 23.4 Å². The number of hydrogen-bond donors (Lipinski definition) is 1. The fourth-order valence-corrected chi connectivity index (χ4v) is 4.97. The molecule has 0 saturated carbocycles. The van der Waals surface area contributed by atoms with Gasteiger partial charge in [-0.25, -0.2) is 13.8 Å². The number of pyridine rings is 1. The number of Topliss-reactive ketones (excluding diaryl/α,β-unsaturated/α-hetero) is 1. The van der Waals surface area contributed by atoms with Crippen molar-refractivity contribution >= 4 is 55.7 Å². The summed E-state index contributed by atoms with van der Waals surface area (Å²) < 4.78 is 28.2. The van der Waals surface area contributed by atoms with Crippen LogP contribution in [-0.4, -0.2) is 26.8 Å². The molecular formula is C24H14ClF2N3O3S. The van der Waals surface area contributed by atoms with Gasteiger partial charge in [0.25, 0.3) is 5.78 Å². The van der Waals surface area contributed by atoms with Gasteiger partial charge in [0.15, 0.2) is 5.13 Å². The van der Waals surface area contributed by atoms with Crippen LogP contribution in [0.1, 0.15) is 22.9 Å². The van der Waals surface area contributed by atoms with E-state index in [9.17, 15) is 23.5 Å². The Hall–Kier alpha value is -3.69. The lowest BCUT2D eigenvalue weighted by Gasteiger charge is -2.22. The van der Waals surface area contributed by atoms with Crippen molar-refractivity contribution in [2.45, 2.75) is 13.0 Å². The predicted molar refractivity (Wildman–Crippen MR) is 125 cm³/mol. The maximum Gasteiger partial charge on any atom is 0.301 e. The Balaban J connectivity index is 1.73. The second kappa shape index (κ2) is 8.27. The highest BCUT2D eigenvalue weighted by molar-refractivity contribution is 7.22. The van der Waals surface area contributed by atoms with E-state index in [-0.39, 0.29) is 26.9 Å². The van der Waals surface area contributed by atoms with Gasteiger partial charge in [0, 0.05) is 11.8 Å². The van der Waals surface area contributed by atoms with Crippen LogP contribution in [0, 0.1) is 18.6 Å². The normalized spacial score (nSPS) is 17.6. The summed E-state index contributed by atoms with van der Waals surface area (Å²) in [5, 5.41) is 11.1. The van der Waals surface area contributed by atoms with E-state index < -0.39 is 35.1 Å². The summed E-state index contributed by atoms with van der Waals surface area (Å²) in [7, 11) is 0. The molecule has 4 aromatic rings. The Bertz CT molecular complexity index is 1480. The van der Waals surface area contributed by atoms with Gasteiger partial charge in [-0.05, 0) is 55.0 Å². The molecule has 3 heterocycles. The summed E-state index contributed by atoms with van der Waals surface area (Å²) in [6.45, 7) is 1.52. The van der Waals surface area contributed by atoms with E-state index in [1.807, 2.05) is 0 Å². The minimum atomic E-state index is -1.10. The van der Waals surface area contributed by atoms with Crippen molar-refractivity contribution in [3.05, 3.63) is 93.8 Å². The van der Waals surface area contributed by atoms with Gasteiger partial charge in [-0.1, -0.05) is 29.0 Å². The number of anilines is 1. The largest absolute Gasteiger partial charge is 0.507 e. The van der Waals surface area contributed by atoms with Gasteiger partial charge in [-0.3, -0.25) is 19.5 Å². The summed E-state index contributed by atoms with van der Waals surface area (Å²) in [5.41, 5.74) is 0.889. The van der Waals surface area contributed by atoms with Gasteiger partial charge in [0.05, 0.1) is 26.5 Å². The van der Waals surface area contributed by atoms with Crippen molar-refractivity contribution < 1.29 is 23.5 Å². The highest BCUT2D eigenvalue weighted by Gasteiger charge is 2.48. The summed E-state index contributed by atoms with van der Waals surface area (Å²) >= 11 is 6.86. The van der Waals surface area contributed by atoms with Crippen LogP contribution in [0.2, 0.25) is 5.02 Å². The molecule has 1 aliphatic rings. The van der Waals surface area contributed by atoms with E-state index in [1.54, 1.807) is 18.2 Å². The van der Waals surface area contributed by atoms with Gasteiger partial charge in [0.2, 0.25) is 0 Å². The maximum absolute atomic E-state index is 14.0. The zero-order chi connectivity index (χ0) is 24.1. The number of aryl methyl sites for hydroxylation is 1. The van der Waals surface area contributed by atoms with Crippen LogP contribution in [0.15, 0.2) is 60.3 Å². The first-order chi connectivity index (χ1) is 16.3. The Morgan fingerprint density at radius 1 is 1.12 bits per heavy atom. The molecular weight excluding hydrogens is 484 g/mol. The summed E-state index contributed by atoms with van der Waals surface area (Å²) in [5.74, 6) is -3.45. The van der Waals surface area contributed by atoms with E-state index in [0.717, 1.165) is 16.2 Å². The van der Waals surface area contributed by atoms with Crippen LogP contribution in [-0.2, 0) is 9.59 Å². The summed E-state index contributed by atoms with van der Waals surface area (Å²) in [4.78, 5) is 36.1. The third-order valence-electron chi connectivity index (χ3n) is 5.47. The zero-order valence-corrected chi connectivity index (χ0v) is 19.0. The van der Waals surface area contributed by atoms with Crippen molar-refractivity contribution in [1.82, 2.24) is 9.97 Å². The van der Waals surface area contributed by atoms with E-state index >= 15 is 0 Å². The van der Waals surface area contributed by atoms with E-state index in [2.05, 4.69) is 9.97 Å². The maximum atomic E-state index is 14.0. The molecule has 170 valence electrons. The third-order valence-corrected chi connectivity index (χ3v) is 6.78. The first-order valence-electron chi connectivity index (χ1n) is 10.0. The average Bonchev–Trinajstić information content (AvgIpc) is 3.33. The number of carbonyl (C=O) groups is 2. The lowest BCUT2D eigenvalue weighted by molar-refractivity contribution is -0.132. The molecule has 5 rings (SSSR count). The zero-order valence-electron chi connectivity index (χ0n) is 17.4. The second-order valence-corrected chi connectivity index (χ2v) is 9.03. The number of thiazole rings is 1. The lowest BCUT2D eigenvalue weighted by atomic mass is 9.97.